The lowest BCUT2D eigenvalue weighted by Crippen LogP contribution is -2.57. The molecule has 2 bridgehead atoms. The van der Waals surface area contributed by atoms with Crippen molar-refractivity contribution in [3.8, 4) is 0 Å². The summed E-state index contributed by atoms with van der Waals surface area (Å²) in [5.41, 5.74) is 0. The fraction of sp³-hybridized carbons (Fsp3) is 0.773. The van der Waals surface area contributed by atoms with E-state index in [0.717, 1.165) is 19.3 Å². The van der Waals surface area contributed by atoms with Crippen molar-refractivity contribution in [3.05, 3.63) is 12.7 Å². The average molecular weight is 439 g/mol. The SMILES string of the molecule is C=CCN(CCCCC)C(=O)C1N([C@@H](CC)CO)C(=O)[C@@H]2[C@H](C(=O)O)[C@@H]3CCC12S3. The molecule has 7 nitrogen and oxygen atoms in total. The van der Waals surface area contributed by atoms with Crippen LogP contribution >= 0.6 is 11.8 Å². The van der Waals surface area contributed by atoms with E-state index in [1.165, 1.54) is 11.8 Å². The Kier molecular flexibility index (Phi) is 7.17. The Morgan fingerprint density at radius 2 is 2.13 bits per heavy atom. The molecular formula is C22H34N2O5S. The molecule has 0 radical (unpaired) electrons. The predicted molar refractivity (Wildman–Crippen MR) is 116 cm³/mol. The van der Waals surface area contributed by atoms with Crippen molar-refractivity contribution < 1.29 is 24.6 Å². The first kappa shape index (κ1) is 23.1. The molecule has 3 aliphatic heterocycles. The zero-order valence-corrected chi connectivity index (χ0v) is 18.8. The molecular weight excluding hydrogens is 404 g/mol. The van der Waals surface area contributed by atoms with Gasteiger partial charge in [-0.3, -0.25) is 14.4 Å². The Bertz CT molecular complexity index is 697. The van der Waals surface area contributed by atoms with Crippen molar-refractivity contribution in [1.82, 2.24) is 9.80 Å². The molecule has 3 heterocycles. The first-order valence-electron chi connectivity index (χ1n) is 11.1. The van der Waals surface area contributed by atoms with Gasteiger partial charge in [-0.25, -0.2) is 0 Å². The van der Waals surface area contributed by atoms with E-state index in [-0.39, 0.29) is 23.7 Å². The molecule has 2 N–H and O–H groups in total. The number of amides is 2. The smallest absolute Gasteiger partial charge is 0.308 e. The Labute approximate surface area is 182 Å². The number of aliphatic hydroxyl groups excluding tert-OH is 1. The molecule has 0 aromatic heterocycles. The molecule has 8 heteroatoms. The number of nitrogens with zero attached hydrogens (tertiary/aromatic N) is 2. The van der Waals surface area contributed by atoms with Gasteiger partial charge in [0.15, 0.2) is 0 Å². The molecule has 3 aliphatic rings. The Hall–Kier alpha value is -1.54. The van der Waals surface area contributed by atoms with Gasteiger partial charge in [-0.15, -0.1) is 18.3 Å². The number of hydrogen-bond donors (Lipinski definition) is 2. The third-order valence-corrected chi connectivity index (χ3v) is 8.98. The van der Waals surface area contributed by atoms with Gasteiger partial charge in [0.05, 0.1) is 29.2 Å². The summed E-state index contributed by atoms with van der Waals surface area (Å²) in [6, 6.07) is -1.21. The zero-order chi connectivity index (χ0) is 22.1. The molecule has 168 valence electrons. The summed E-state index contributed by atoms with van der Waals surface area (Å²) in [6.45, 7) is 8.52. The van der Waals surface area contributed by atoms with Crippen LogP contribution in [0.5, 0.6) is 0 Å². The van der Waals surface area contributed by atoms with Gasteiger partial charge in [0, 0.05) is 18.3 Å². The molecule has 3 rings (SSSR count). The van der Waals surface area contributed by atoms with E-state index in [9.17, 15) is 24.6 Å². The molecule has 2 amide bonds. The lowest BCUT2D eigenvalue weighted by atomic mass is 9.71. The molecule has 30 heavy (non-hydrogen) atoms. The third-order valence-electron chi connectivity index (χ3n) is 7.03. The van der Waals surface area contributed by atoms with E-state index in [1.807, 2.05) is 6.92 Å². The molecule has 6 atom stereocenters. The highest BCUT2D eigenvalue weighted by Gasteiger charge is 2.74. The van der Waals surface area contributed by atoms with E-state index in [4.69, 9.17) is 0 Å². The van der Waals surface area contributed by atoms with Gasteiger partial charge < -0.3 is 20.0 Å². The van der Waals surface area contributed by atoms with E-state index >= 15 is 0 Å². The maximum atomic E-state index is 13.9. The topological polar surface area (TPSA) is 98.2 Å². The Morgan fingerprint density at radius 1 is 1.40 bits per heavy atom. The molecule has 1 spiro atoms. The number of unbranched alkanes of at least 4 members (excludes halogenated alkanes) is 2. The van der Waals surface area contributed by atoms with Gasteiger partial charge in [0.25, 0.3) is 0 Å². The Balaban J connectivity index is 2.01. The molecule has 3 saturated heterocycles. The van der Waals surface area contributed by atoms with Crippen molar-refractivity contribution in [2.24, 2.45) is 11.8 Å². The summed E-state index contributed by atoms with van der Waals surface area (Å²) in [7, 11) is 0. The number of carbonyl (C=O) groups is 3. The van der Waals surface area contributed by atoms with Gasteiger partial charge in [0.1, 0.15) is 6.04 Å². The molecule has 2 unspecified atom stereocenters. The second-order valence-electron chi connectivity index (χ2n) is 8.66. The van der Waals surface area contributed by atoms with Crippen LogP contribution in [-0.2, 0) is 14.4 Å². The van der Waals surface area contributed by atoms with E-state index < -0.39 is 34.6 Å². The summed E-state index contributed by atoms with van der Waals surface area (Å²) in [6.07, 6.45) is 6.49. The van der Waals surface area contributed by atoms with Gasteiger partial charge in [-0.05, 0) is 25.7 Å². The van der Waals surface area contributed by atoms with Crippen molar-refractivity contribution in [3.63, 3.8) is 0 Å². The highest BCUT2D eigenvalue weighted by Crippen LogP contribution is 2.66. The summed E-state index contributed by atoms with van der Waals surface area (Å²) in [4.78, 5) is 42.8. The van der Waals surface area contributed by atoms with Crippen LogP contribution in [0.2, 0.25) is 0 Å². The summed E-state index contributed by atoms with van der Waals surface area (Å²) >= 11 is 1.53. The van der Waals surface area contributed by atoms with Crippen LogP contribution in [0.15, 0.2) is 12.7 Å². The van der Waals surface area contributed by atoms with Gasteiger partial charge in [-0.2, -0.15) is 0 Å². The predicted octanol–water partition coefficient (Wildman–Crippen LogP) is 2.14. The van der Waals surface area contributed by atoms with E-state index in [1.54, 1.807) is 15.9 Å². The molecule has 0 aromatic carbocycles. The minimum Gasteiger partial charge on any atom is -0.481 e. The van der Waals surface area contributed by atoms with Crippen molar-refractivity contribution in [1.29, 1.82) is 0 Å². The van der Waals surface area contributed by atoms with E-state index in [0.29, 0.717) is 32.4 Å². The van der Waals surface area contributed by atoms with Crippen LogP contribution in [0.4, 0.5) is 0 Å². The number of carboxylic acid groups (broad SMARTS) is 1. The molecule has 0 saturated carbocycles. The van der Waals surface area contributed by atoms with Crippen LogP contribution in [0.25, 0.3) is 0 Å². The number of likely N-dealkylation sites (tertiary alicyclic amines) is 1. The number of hydrogen-bond acceptors (Lipinski definition) is 5. The second-order valence-corrected chi connectivity index (χ2v) is 10.3. The highest BCUT2D eigenvalue weighted by molar-refractivity contribution is 8.02. The van der Waals surface area contributed by atoms with Crippen LogP contribution < -0.4 is 0 Å². The number of fused-ring (bicyclic) bond motifs is 1. The lowest BCUT2D eigenvalue weighted by Gasteiger charge is -2.39. The minimum atomic E-state index is -0.955. The monoisotopic (exact) mass is 438 g/mol. The number of rotatable bonds is 11. The second kappa shape index (κ2) is 9.30. The molecule has 0 aliphatic carbocycles. The number of carbonyl (C=O) groups excluding carboxylic acids is 2. The Morgan fingerprint density at radius 3 is 2.70 bits per heavy atom. The maximum absolute atomic E-state index is 13.9. The summed E-state index contributed by atoms with van der Waals surface area (Å²) in [5, 5.41) is 19.7. The van der Waals surface area contributed by atoms with E-state index in [2.05, 4.69) is 13.5 Å². The van der Waals surface area contributed by atoms with Crippen molar-refractivity contribution in [2.45, 2.75) is 74.5 Å². The normalized spacial score (nSPS) is 32.9. The van der Waals surface area contributed by atoms with Crippen LogP contribution in [-0.4, -0.2) is 79.6 Å². The first-order chi connectivity index (χ1) is 14.4. The lowest BCUT2D eigenvalue weighted by molar-refractivity contribution is -0.149. The van der Waals surface area contributed by atoms with Gasteiger partial charge in [-0.1, -0.05) is 32.8 Å². The van der Waals surface area contributed by atoms with Crippen LogP contribution in [0.3, 0.4) is 0 Å². The summed E-state index contributed by atoms with van der Waals surface area (Å²) < 4.78 is -0.714. The standard InChI is InChI=1S/C22H34N2O5S/c1-4-7-8-12-23(11-5-2)20(27)18-22-10-9-15(30-22)16(21(28)29)17(22)19(26)24(18)14(6-3)13-25/h5,14-18,25H,2,4,6-13H2,1,3H3,(H,28,29)/t14-,15-,16+,17-,18?,22?/m0/s1. The number of aliphatic carboxylic acids is 1. The fourth-order valence-electron chi connectivity index (χ4n) is 5.63. The van der Waals surface area contributed by atoms with Crippen molar-refractivity contribution >= 4 is 29.5 Å². The maximum Gasteiger partial charge on any atom is 0.308 e. The van der Waals surface area contributed by atoms with Crippen LogP contribution in [0, 0.1) is 11.8 Å². The largest absolute Gasteiger partial charge is 0.481 e. The minimum absolute atomic E-state index is 0.129. The highest BCUT2D eigenvalue weighted by atomic mass is 32.2. The quantitative estimate of drug-likeness (QED) is 0.379. The van der Waals surface area contributed by atoms with Crippen LogP contribution in [0.1, 0.15) is 52.4 Å². The zero-order valence-electron chi connectivity index (χ0n) is 18.0. The first-order valence-corrected chi connectivity index (χ1v) is 12.0. The third kappa shape index (κ3) is 3.55. The average Bonchev–Trinajstić information content (AvgIpc) is 3.36. The number of carboxylic acids is 1. The molecule has 0 aromatic rings. The fourth-order valence-corrected chi connectivity index (χ4v) is 7.82. The van der Waals surface area contributed by atoms with Gasteiger partial charge in [0.2, 0.25) is 11.8 Å². The molecule has 3 fully saturated rings. The van der Waals surface area contributed by atoms with Gasteiger partial charge >= 0.3 is 5.97 Å². The number of thioether (sulfide) groups is 1. The van der Waals surface area contributed by atoms with Crippen molar-refractivity contribution in [2.75, 3.05) is 19.7 Å². The summed E-state index contributed by atoms with van der Waals surface area (Å²) in [5.74, 6) is -2.82. The number of aliphatic hydroxyl groups is 1.